The Bertz CT molecular complexity index is 1210. The first-order chi connectivity index (χ1) is 15.3. The van der Waals surface area contributed by atoms with Crippen LogP contribution in [-0.4, -0.2) is 24.1 Å². The Balaban J connectivity index is 1.54. The van der Waals surface area contributed by atoms with E-state index in [-0.39, 0.29) is 30.6 Å². The SMILES string of the molecule is Cc1ccc(N2CC(C(=O)Nc3ccc(Cl)cc3C(=O)c3ccccc3)CC2=O)cc1Cl. The summed E-state index contributed by atoms with van der Waals surface area (Å²) in [5.74, 6) is -1.29. The summed E-state index contributed by atoms with van der Waals surface area (Å²) < 4.78 is 0. The lowest BCUT2D eigenvalue weighted by atomic mass is 10.0. The Hall–Kier alpha value is -3.15. The summed E-state index contributed by atoms with van der Waals surface area (Å²) in [5.41, 5.74) is 2.71. The molecule has 1 fully saturated rings. The molecule has 1 heterocycles. The van der Waals surface area contributed by atoms with Crippen molar-refractivity contribution in [2.75, 3.05) is 16.8 Å². The van der Waals surface area contributed by atoms with Crippen LogP contribution in [0.2, 0.25) is 10.0 Å². The second-order valence-corrected chi connectivity index (χ2v) is 8.56. The van der Waals surface area contributed by atoms with Crippen LogP contribution in [0.3, 0.4) is 0 Å². The van der Waals surface area contributed by atoms with Crippen LogP contribution in [0.5, 0.6) is 0 Å². The number of benzene rings is 3. The molecule has 1 unspecified atom stereocenters. The number of ketones is 1. The maximum absolute atomic E-state index is 13.0. The molecule has 162 valence electrons. The number of halogens is 2. The van der Waals surface area contributed by atoms with Crippen molar-refractivity contribution < 1.29 is 14.4 Å². The molecule has 4 rings (SSSR count). The van der Waals surface area contributed by atoms with E-state index in [2.05, 4.69) is 5.32 Å². The third-order valence-electron chi connectivity index (χ3n) is 5.48. The normalized spacial score (nSPS) is 15.7. The smallest absolute Gasteiger partial charge is 0.229 e. The van der Waals surface area contributed by atoms with Crippen molar-refractivity contribution in [3.63, 3.8) is 0 Å². The number of anilines is 2. The number of rotatable bonds is 5. The number of carbonyl (C=O) groups excluding carboxylic acids is 3. The second kappa shape index (κ2) is 9.15. The Morgan fingerprint density at radius 2 is 1.75 bits per heavy atom. The largest absolute Gasteiger partial charge is 0.325 e. The molecule has 0 bridgehead atoms. The van der Waals surface area contributed by atoms with Gasteiger partial charge in [-0.15, -0.1) is 0 Å². The zero-order chi connectivity index (χ0) is 22.8. The van der Waals surface area contributed by atoms with Gasteiger partial charge in [-0.2, -0.15) is 0 Å². The molecule has 0 spiro atoms. The predicted molar refractivity (Wildman–Crippen MR) is 127 cm³/mol. The summed E-state index contributed by atoms with van der Waals surface area (Å²) >= 11 is 12.3. The molecular formula is C25H20Cl2N2O3. The highest BCUT2D eigenvalue weighted by molar-refractivity contribution is 6.32. The lowest BCUT2D eigenvalue weighted by molar-refractivity contribution is -0.122. The highest BCUT2D eigenvalue weighted by Crippen LogP contribution is 2.30. The highest BCUT2D eigenvalue weighted by Gasteiger charge is 2.35. The van der Waals surface area contributed by atoms with Crippen molar-refractivity contribution in [3.8, 4) is 0 Å². The topological polar surface area (TPSA) is 66.5 Å². The monoisotopic (exact) mass is 466 g/mol. The van der Waals surface area contributed by atoms with Crippen LogP contribution in [0, 0.1) is 12.8 Å². The third-order valence-corrected chi connectivity index (χ3v) is 6.13. The van der Waals surface area contributed by atoms with E-state index in [1.807, 2.05) is 25.1 Å². The number of amides is 2. The third kappa shape index (κ3) is 4.54. The first kappa shape index (κ1) is 22.1. The van der Waals surface area contributed by atoms with Crippen LogP contribution >= 0.6 is 23.2 Å². The molecule has 1 aliphatic rings. The molecule has 0 aliphatic carbocycles. The standard InChI is InChI=1S/C25H20Cl2N2O3/c1-15-7-9-19(13-21(15)27)29-14-17(11-23(29)30)25(32)28-22-10-8-18(26)12-20(22)24(31)16-5-3-2-4-6-16/h2-10,12-13,17H,11,14H2,1H3,(H,28,32). The molecule has 2 amide bonds. The zero-order valence-electron chi connectivity index (χ0n) is 17.3. The van der Waals surface area contributed by atoms with E-state index in [1.165, 1.54) is 6.07 Å². The van der Waals surface area contributed by atoms with Crippen LogP contribution in [0.1, 0.15) is 27.9 Å². The van der Waals surface area contributed by atoms with Crippen molar-refractivity contribution in [2.45, 2.75) is 13.3 Å². The van der Waals surface area contributed by atoms with Gasteiger partial charge < -0.3 is 10.2 Å². The van der Waals surface area contributed by atoms with Crippen molar-refractivity contribution >= 4 is 52.2 Å². The van der Waals surface area contributed by atoms with Crippen molar-refractivity contribution in [2.24, 2.45) is 5.92 Å². The molecule has 1 N–H and O–H groups in total. The van der Waals surface area contributed by atoms with E-state index in [0.717, 1.165) is 5.56 Å². The Morgan fingerprint density at radius 1 is 1.00 bits per heavy atom. The van der Waals surface area contributed by atoms with Crippen LogP contribution in [0.4, 0.5) is 11.4 Å². The number of hydrogen-bond donors (Lipinski definition) is 1. The van der Waals surface area contributed by atoms with Crippen LogP contribution in [0.15, 0.2) is 66.7 Å². The Labute approximate surface area is 195 Å². The summed E-state index contributed by atoms with van der Waals surface area (Å²) in [6, 6.07) is 18.9. The van der Waals surface area contributed by atoms with Gasteiger partial charge in [0.15, 0.2) is 5.78 Å². The maximum Gasteiger partial charge on any atom is 0.229 e. The highest BCUT2D eigenvalue weighted by atomic mass is 35.5. The molecule has 7 heteroatoms. The quantitative estimate of drug-likeness (QED) is 0.503. The van der Waals surface area contributed by atoms with Gasteiger partial charge >= 0.3 is 0 Å². The average Bonchev–Trinajstić information content (AvgIpc) is 3.18. The van der Waals surface area contributed by atoms with Gasteiger partial charge in [0.2, 0.25) is 11.8 Å². The van der Waals surface area contributed by atoms with E-state index in [0.29, 0.717) is 32.5 Å². The lowest BCUT2D eigenvalue weighted by Gasteiger charge is -2.18. The minimum Gasteiger partial charge on any atom is -0.325 e. The van der Waals surface area contributed by atoms with Crippen LogP contribution in [0.25, 0.3) is 0 Å². The molecule has 3 aromatic rings. The number of hydrogen-bond acceptors (Lipinski definition) is 3. The minimum atomic E-state index is -0.557. The Morgan fingerprint density at radius 3 is 2.47 bits per heavy atom. The van der Waals surface area contributed by atoms with Crippen LogP contribution < -0.4 is 10.2 Å². The van der Waals surface area contributed by atoms with Gasteiger partial charge in [0.05, 0.1) is 11.6 Å². The molecule has 5 nitrogen and oxygen atoms in total. The molecule has 0 saturated carbocycles. The molecule has 32 heavy (non-hydrogen) atoms. The summed E-state index contributed by atoms with van der Waals surface area (Å²) in [4.78, 5) is 40.1. The number of aryl methyl sites for hydroxylation is 1. The van der Waals surface area contributed by atoms with Gasteiger partial charge in [-0.25, -0.2) is 0 Å². The van der Waals surface area contributed by atoms with Gasteiger partial charge in [0.25, 0.3) is 0 Å². The number of carbonyl (C=O) groups is 3. The minimum absolute atomic E-state index is 0.0763. The van der Waals surface area contributed by atoms with E-state index in [1.54, 1.807) is 47.4 Å². The van der Waals surface area contributed by atoms with Gasteiger partial charge in [0.1, 0.15) is 0 Å². The average molecular weight is 467 g/mol. The summed E-state index contributed by atoms with van der Waals surface area (Å²) in [5, 5.41) is 3.77. The molecular weight excluding hydrogens is 447 g/mol. The van der Waals surface area contributed by atoms with Crippen molar-refractivity contribution in [3.05, 3.63) is 93.5 Å². The summed E-state index contributed by atoms with van der Waals surface area (Å²) in [6.07, 6.45) is 0.0763. The Kier molecular flexibility index (Phi) is 6.31. The first-order valence-corrected chi connectivity index (χ1v) is 10.9. The fraction of sp³-hybridized carbons (Fsp3) is 0.160. The summed E-state index contributed by atoms with van der Waals surface area (Å²) in [6.45, 7) is 2.12. The molecule has 1 saturated heterocycles. The summed E-state index contributed by atoms with van der Waals surface area (Å²) in [7, 11) is 0. The molecule has 0 aromatic heterocycles. The van der Waals surface area contributed by atoms with E-state index < -0.39 is 5.92 Å². The molecule has 0 radical (unpaired) electrons. The van der Waals surface area contributed by atoms with Gasteiger partial charge in [-0.3, -0.25) is 14.4 Å². The fourth-order valence-electron chi connectivity index (χ4n) is 3.68. The van der Waals surface area contributed by atoms with Gasteiger partial charge in [0, 0.05) is 39.8 Å². The number of nitrogens with zero attached hydrogens (tertiary/aromatic N) is 1. The van der Waals surface area contributed by atoms with Crippen LogP contribution in [-0.2, 0) is 9.59 Å². The maximum atomic E-state index is 13.0. The molecule has 1 atom stereocenters. The lowest BCUT2D eigenvalue weighted by Crippen LogP contribution is -2.28. The zero-order valence-corrected chi connectivity index (χ0v) is 18.8. The van der Waals surface area contributed by atoms with Crippen molar-refractivity contribution in [1.29, 1.82) is 0 Å². The van der Waals surface area contributed by atoms with E-state index >= 15 is 0 Å². The fourth-order valence-corrected chi connectivity index (χ4v) is 4.02. The van der Waals surface area contributed by atoms with E-state index in [9.17, 15) is 14.4 Å². The number of nitrogens with one attached hydrogen (secondary N) is 1. The van der Waals surface area contributed by atoms with E-state index in [4.69, 9.17) is 23.2 Å². The predicted octanol–water partition coefficient (Wildman–Crippen LogP) is 5.52. The molecule has 1 aliphatic heterocycles. The second-order valence-electron chi connectivity index (χ2n) is 7.71. The van der Waals surface area contributed by atoms with Crippen molar-refractivity contribution in [1.82, 2.24) is 0 Å². The van der Waals surface area contributed by atoms with Gasteiger partial charge in [-0.05, 0) is 42.8 Å². The first-order valence-electron chi connectivity index (χ1n) is 10.1. The van der Waals surface area contributed by atoms with Gasteiger partial charge in [-0.1, -0.05) is 59.6 Å². The molecule has 3 aromatic carbocycles.